The fourth-order valence-electron chi connectivity index (χ4n) is 1.58. The van der Waals surface area contributed by atoms with E-state index in [0.29, 0.717) is 15.7 Å². The van der Waals surface area contributed by atoms with E-state index in [1.165, 1.54) is 18.2 Å². The van der Waals surface area contributed by atoms with E-state index in [1.54, 1.807) is 6.07 Å². The molecule has 0 unspecified atom stereocenters. The van der Waals surface area contributed by atoms with Gasteiger partial charge in [0, 0.05) is 10.2 Å². The Morgan fingerprint density at radius 2 is 1.84 bits per heavy atom. The standard InChI is InChI=1S/C14H10Br2FNO/c1-8-2-4-10(11(15)6-8)14(19)18-9-3-5-13(17)12(16)7-9/h2-7H,1H3,(H,18,19). The van der Waals surface area contributed by atoms with Gasteiger partial charge in [0.15, 0.2) is 0 Å². The Morgan fingerprint density at radius 1 is 1.11 bits per heavy atom. The Kier molecular flexibility index (Phi) is 4.37. The van der Waals surface area contributed by atoms with Crippen LogP contribution >= 0.6 is 31.9 Å². The summed E-state index contributed by atoms with van der Waals surface area (Å²) in [7, 11) is 0. The molecule has 2 nitrogen and oxygen atoms in total. The lowest BCUT2D eigenvalue weighted by atomic mass is 10.1. The first-order valence-corrected chi connectivity index (χ1v) is 7.08. The minimum Gasteiger partial charge on any atom is -0.322 e. The second-order valence-corrected chi connectivity index (χ2v) is 5.77. The molecule has 0 heterocycles. The first kappa shape index (κ1) is 14.2. The van der Waals surface area contributed by atoms with Gasteiger partial charge in [-0.2, -0.15) is 0 Å². The minimum absolute atomic E-state index is 0.245. The van der Waals surface area contributed by atoms with Crippen LogP contribution in [0.15, 0.2) is 45.3 Å². The number of nitrogens with one attached hydrogen (secondary N) is 1. The van der Waals surface area contributed by atoms with Crippen molar-refractivity contribution >= 4 is 43.5 Å². The summed E-state index contributed by atoms with van der Waals surface area (Å²) in [5.41, 5.74) is 2.13. The number of carbonyl (C=O) groups excluding carboxylic acids is 1. The highest BCUT2D eigenvalue weighted by Crippen LogP contribution is 2.23. The summed E-state index contributed by atoms with van der Waals surface area (Å²) < 4.78 is 14.1. The monoisotopic (exact) mass is 385 g/mol. The number of halogens is 3. The Balaban J connectivity index is 2.23. The van der Waals surface area contributed by atoms with Crippen molar-refractivity contribution < 1.29 is 9.18 Å². The second-order valence-electron chi connectivity index (χ2n) is 4.07. The largest absolute Gasteiger partial charge is 0.322 e. The van der Waals surface area contributed by atoms with Gasteiger partial charge in [-0.15, -0.1) is 0 Å². The number of amides is 1. The maximum Gasteiger partial charge on any atom is 0.256 e. The van der Waals surface area contributed by atoms with E-state index in [0.717, 1.165) is 10.0 Å². The molecule has 1 amide bonds. The fraction of sp³-hybridized carbons (Fsp3) is 0.0714. The van der Waals surface area contributed by atoms with Gasteiger partial charge in [0.05, 0.1) is 10.0 Å². The normalized spacial score (nSPS) is 10.3. The highest BCUT2D eigenvalue weighted by Gasteiger charge is 2.11. The van der Waals surface area contributed by atoms with Crippen LogP contribution in [0.4, 0.5) is 10.1 Å². The number of aryl methyl sites for hydroxylation is 1. The topological polar surface area (TPSA) is 29.1 Å². The van der Waals surface area contributed by atoms with E-state index in [2.05, 4.69) is 37.2 Å². The lowest BCUT2D eigenvalue weighted by Gasteiger charge is -2.08. The molecule has 2 rings (SSSR count). The zero-order chi connectivity index (χ0) is 14.0. The van der Waals surface area contributed by atoms with Gasteiger partial charge in [-0.1, -0.05) is 6.07 Å². The van der Waals surface area contributed by atoms with Crippen molar-refractivity contribution in [2.24, 2.45) is 0 Å². The summed E-state index contributed by atoms with van der Waals surface area (Å²) in [5, 5.41) is 2.72. The molecule has 0 saturated heterocycles. The smallest absolute Gasteiger partial charge is 0.256 e. The van der Waals surface area contributed by atoms with E-state index >= 15 is 0 Å². The van der Waals surface area contributed by atoms with Gasteiger partial charge in [0.1, 0.15) is 5.82 Å². The summed E-state index contributed by atoms with van der Waals surface area (Å²) in [6, 6.07) is 9.81. The lowest BCUT2D eigenvalue weighted by molar-refractivity contribution is 0.102. The summed E-state index contributed by atoms with van der Waals surface area (Å²) in [4.78, 5) is 12.1. The van der Waals surface area contributed by atoms with E-state index in [1.807, 2.05) is 19.1 Å². The van der Waals surface area contributed by atoms with E-state index in [9.17, 15) is 9.18 Å². The van der Waals surface area contributed by atoms with E-state index in [-0.39, 0.29) is 11.7 Å². The van der Waals surface area contributed by atoms with Crippen LogP contribution in [0.3, 0.4) is 0 Å². The molecule has 5 heteroatoms. The van der Waals surface area contributed by atoms with E-state index in [4.69, 9.17) is 0 Å². The Morgan fingerprint density at radius 3 is 2.47 bits per heavy atom. The van der Waals surface area contributed by atoms with Gasteiger partial charge in [-0.3, -0.25) is 4.79 Å². The van der Waals surface area contributed by atoms with E-state index < -0.39 is 0 Å². The quantitative estimate of drug-likeness (QED) is 0.780. The van der Waals surface area contributed by atoms with Gasteiger partial charge in [0.2, 0.25) is 0 Å². The van der Waals surface area contributed by atoms with Gasteiger partial charge in [-0.25, -0.2) is 4.39 Å². The Hall–Kier alpha value is -1.20. The molecular formula is C14H10Br2FNO. The third-order valence-electron chi connectivity index (χ3n) is 2.55. The van der Waals surface area contributed by atoms with Crippen molar-refractivity contribution in [2.75, 3.05) is 5.32 Å². The number of anilines is 1. The van der Waals surface area contributed by atoms with Crippen LogP contribution in [-0.4, -0.2) is 5.91 Å². The van der Waals surface area contributed by atoms with Crippen molar-refractivity contribution in [3.63, 3.8) is 0 Å². The molecule has 0 aliphatic rings. The summed E-state index contributed by atoms with van der Waals surface area (Å²) in [6.45, 7) is 1.95. The predicted octanol–water partition coefficient (Wildman–Crippen LogP) is 4.91. The second kappa shape index (κ2) is 5.84. The lowest BCUT2D eigenvalue weighted by Crippen LogP contribution is -2.12. The third kappa shape index (κ3) is 3.42. The van der Waals surface area contributed by atoms with Crippen LogP contribution in [0.5, 0.6) is 0 Å². The number of hydrogen-bond acceptors (Lipinski definition) is 1. The molecule has 0 atom stereocenters. The number of benzene rings is 2. The molecule has 0 aromatic heterocycles. The van der Waals surface area contributed by atoms with Gasteiger partial charge >= 0.3 is 0 Å². The maximum absolute atomic E-state index is 13.1. The van der Waals surface area contributed by atoms with Gasteiger partial charge in [-0.05, 0) is 74.7 Å². The van der Waals surface area contributed by atoms with Crippen LogP contribution in [0.2, 0.25) is 0 Å². The molecule has 0 aliphatic heterocycles. The molecule has 1 N–H and O–H groups in total. The number of hydrogen-bond donors (Lipinski definition) is 1. The van der Waals surface area contributed by atoms with Gasteiger partial charge in [0.25, 0.3) is 5.91 Å². The van der Waals surface area contributed by atoms with Crippen LogP contribution in [-0.2, 0) is 0 Å². The Bertz CT molecular complexity index is 643. The van der Waals surface area contributed by atoms with Crippen LogP contribution < -0.4 is 5.32 Å². The molecule has 0 aliphatic carbocycles. The Labute approximate surface area is 127 Å². The average Bonchev–Trinajstić information content (AvgIpc) is 2.33. The molecule has 0 bridgehead atoms. The molecular weight excluding hydrogens is 377 g/mol. The van der Waals surface area contributed by atoms with Crippen molar-refractivity contribution in [2.45, 2.75) is 6.92 Å². The highest BCUT2D eigenvalue weighted by atomic mass is 79.9. The first-order chi connectivity index (χ1) is 8.97. The number of rotatable bonds is 2. The fourth-order valence-corrected chi connectivity index (χ4v) is 2.63. The van der Waals surface area contributed by atoms with Crippen molar-refractivity contribution in [1.29, 1.82) is 0 Å². The molecule has 0 saturated carbocycles. The zero-order valence-electron chi connectivity index (χ0n) is 10.0. The summed E-state index contributed by atoms with van der Waals surface area (Å²) in [6.07, 6.45) is 0. The summed E-state index contributed by atoms with van der Waals surface area (Å²) >= 11 is 6.44. The molecule has 98 valence electrons. The molecule has 0 radical (unpaired) electrons. The first-order valence-electron chi connectivity index (χ1n) is 5.50. The molecule has 0 spiro atoms. The van der Waals surface area contributed by atoms with Crippen LogP contribution in [0, 0.1) is 12.7 Å². The van der Waals surface area contributed by atoms with Crippen molar-refractivity contribution in [3.8, 4) is 0 Å². The van der Waals surface area contributed by atoms with Crippen molar-refractivity contribution in [3.05, 3.63) is 62.3 Å². The molecule has 19 heavy (non-hydrogen) atoms. The third-order valence-corrected chi connectivity index (χ3v) is 3.81. The zero-order valence-corrected chi connectivity index (χ0v) is 13.2. The van der Waals surface area contributed by atoms with Gasteiger partial charge < -0.3 is 5.32 Å². The molecule has 2 aromatic carbocycles. The minimum atomic E-state index is -0.366. The maximum atomic E-state index is 13.1. The SMILES string of the molecule is Cc1ccc(C(=O)Nc2ccc(F)c(Br)c2)c(Br)c1. The molecule has 0 fully saturated rings. The molecule has 2 aromatic rings. The van der Waals surface area contributed by atoms with Crippen LogP contribution in [0.1, 0.15) is 15.9 Å². The number of carbonyl (C=O) groups is 1. The average molecular weight is 387 g/mol. The predicted molar refractivity (Wildman–Crippen MR) is 80.9 cm³/mol. The highest BCUT2D eigenvalue weighted by molar-refractivity contribution is 9.10. The van der Waals surface area contributed by atoms with Crippen molar-refractivity contribution in [1.82, 2.24) is 0 Å². The summed E-state index contributed by atoms with van der Waals surface area (Å²) in [5.74, 6) is -0.611. The van der Waals surface area contributed by atoms with Crippen LogP contribution in [0.25, 0.3) is 0 Å².